The standard InChI is InChI=1S/C12H16BrN3O2/c1-15-6-4-9(5-7-15)14-10-2-3-12(16(17)18)11(13)8-10/h2-3,8-9,14H,4-7H2,1H3. The van der Waals surface area contributed by atoms with Crippen molar-refractivity contribution in [1.29, 1.82) is 0 Å². The Bertz CT molecular complexity index is 445. The van der Waals surface area contributed by atoms with Gasteiger partial charge in [0, 0.05) is 17.8 Å². The van der Waals surface area contributed by atoms with E-state index in [-0.39, 0.29) is 10.6 Å². The summed E-state index contributed by atoms with van der Waals surface area (Å²) in [6, 6.07) is 5.52. The zero-order chi connectivity index (χ0) is 13.1. The SMILES string of the molecule is CN1CCC(Nc2ccc([N+](=O)[O-])c(Br)c2)CC1. The largest absolute Gasteiger partial charge is 0.382 e. The Balaban J connectivity index is 2.02. The molecule has 0 amide bonds. The molecule has 0 spiro atoms. The van der Waals surface area contributed by atoms with Gasteiger partial charge in [0.05, 0.1) is 9.40 Å². The predicted molar refractivity (Wildman–Crippen MR) is 74.9 cm³/mol. The highest BCUT2D eigenvalue weighted by Gasteiger charge is 2.17. The predicted octanol–water partition coefficient (Wildman–Crippen LogP) is 2.86. The first kappa shape index (κ1) is 13.3. The first-order valence-corrected chi connectivity index (χ1v) is 6.74. The van der Waals surface area contributed by atoms with Crippen molar-refractivity contribution in [3.05, 3.63) is 32.8 Å². The van der Waals surface area contributed by atoms with Crippen molar-refractivity contribution in [3.8, 4) is 0 Å². The summed E-state index contributed by atoms with van der Waals surface area (Å²) in [4.78, 5) is 12.6. The number of likely N-dealkylation sites (tertiary alicyclic amines) is 1. The van der Waals surface area contributed by atoms with E-state index in [1.165, 1.54) is 6.07 Å². The fraction of sp³-hybridized carbons (Fsp3) is 0.500. The number of rotatable bonds is 3. The Morgan fingerprint density at radius 3 is 2.67 bits per heavy atom. The van der Waals surface area contributed by atoms with E-state index >= 15 is 0 Å². The highest BCUT2D eigenvalue weighted by Crippen LogP contribution is 2.28. The summed E-state index contributed by atoms with van der Waals surface area (Å²) >= 11 is 3.23. The van der Waals surface area contributed by atoms with Crippen molar-refractivity contribution in [2.24, 2.45) is 0 Å². The van der Waals surface area contributed by atoms with E-state index in [0.29, 0.717) is 10.5 Å². The Morgan fingerprint density at radius 1 is 1.44 bits per heavy atom. The fourth-order valence-electron chi connectivity index (χ4n) is 2.13. The molecule has 2 rings (SSSR count). The molecule has 1 N–H and O–H groups in total. The average molecular weight is 314 g/mol. The van der Waals surface area contributed by atoms with Crippen LogP contribution in [0.1, 0.15) is 12.8 Å². The molecule has 0 saturated carbocycles. The van der Waals surface area contributed by atoms with Crippen LogP contribution in [0.2, 0.25) is 0 Å². The van der Waals surface area contributed by atoms with Gasteiger partial charge in [-0.1, -0.05) is 0 Å². The summed E-state index contributed by atoms with van der Waals surface area (Å²) in [5.41, 5.74) is 1.03. The van der Waals surface area contributed by atoms with Crippen molar-refractivity contribution in [3.63, 3.8) is 0 Å². The molecule has 0 bridgehead atoms. The molecule has 1 aromatic rings. The van der Waals surface area contributed by atoms with Gasteiger partial charge >= 0.3 is 0 Å². The molecule has 0 aliphatic carbocycles. The van der Waals surface area contributed by atoms with Gasteiger partial charge in [0.2, 0.25) is 0 Å². The van der Waals surface area contributed by atoms with E-state index in [1.807, 2.05) is 0 Å². The van der Waals surface area contributed by atoms with Crippen LogP contribution in [0.15, 0.2) is 22.7 Å². The second-order valence-corrected chi connectivity index (χ2v) is 5.50. The molecule has 1 saturated heterocycles. The van der Waals surface area contributed by atoms with Crippen molar-refractivity contribution >= 4 is 27.3 Å². The second-order valence-electron chi connectivity index (χ2n) is 4.65. The van der Waals surface area contributed by atoms with Gasteiger partial charge in [-0.3, -0.25) is 10.1 Å². The van der Waals surface area contributed by atoms with E-state index in [0.717, 1.165) is 31.6 Å². The summed E-state index contributed by atoms with van der Waals surface area (Å²) < 4.78 is 0.519. The van der Waals surface area contributed by atoms with E-state index < -0.39 is 0 Å². The normalized spacial score (nSPS) is 17.7. The number of nitrogens with one attached hydrogen (secondary N) is 1. The molecule has 18 heavy (non-hydrogen) atoms. The van der Waals surface area contributed by atoms with Gasteiger partial charge in [-0.05, 0) is 61.0 Å². The lowest BCUT2D eigenvalue weighted by molar-refractivity contribution is -0.385. The molecule has 98 valence electrons. The van der Waals surface area contributed by atoms with Crippen molar-refractivity contribution in [2.75, 3.05) is 25.5 Å². The summed E-state index contributed by atoms with van der Waals surface area (Å²) in [6.07, 6.45) is 2.20. The highest BCUT2D eigenvalue weighted by molar-refractivity contribution is 9.10. The monoisotopic (exact) mass is 313 g/mol. The molecular weight excluding hydrogens is 298 g/mol. The maximum absolute atomic E-state index is 10.7. The Labute approximate surface area is 114 Å². The number of nitro benzene ring substituents is 1. The van der Waals surface area contributed by atoms with E-state index in [9.17, 15) is 10.1 Å². The van der Waals surface area contributed by atoms with Crippen LogP contribution in [0, 0.1) is 10.1 Å². The lowest BCUT2D eigenvalue weighted by Crippen LogP contribution is -2.36. The molecule has 1 aliphatic heterocycles. The third-order valence-corrected chi connectivity index (χ3v) is 3.87. The van der Waals surface area contributed by atoms with Crippen LogP contribution in [0.5, 0.6) is 0 Å². The van der Waals surface area contributed by atoms with Gasteiger partial charge in [0.1, 0.15) is 0 Å². The van der Waals surface area contributed by atoms with Gasteiger partial charge in [0.25, 0.3) is 5.69 Å². The van der Waals surface area contributed by atoms with Gasteiger partial charge in [-0.15, -0.1) is 0 Å². The number of nitrogens with zero attached hydrogens (tertiary/aromatic N) is 2. The number of hydrogen-bond acceptors (Lipinski definition) is 4. The molecule has 1 aliphatic rings. The van der Waals surface area contributed by atoms with Crippen LogP contribution >= 0.6 is 15.9 Å². The third kappa shape index (κ3) is 3.20. The second kappa shape index (κ2) is 5.67. The van der Waals surface area contributed by atoms with Crippen LogP contribution in [0.4, 0.5) is 11.4 Å². The topological polar surface area (TPSA) is 58.4 Å². The Morgan fingerprint density at radius 2 is 2.11 bits per heavy atom. The summed E-state index contributed by atoms with van der Waals surface area (Å²) in [7, 11) is 2.12. The number of hydrogen-bond donors (Lipinski definition) is 1. The van der Waals surface area contributed by atoms with Crippen LogP contribution < -0.4 is 5.32 Å². The van der Waals surface area contributed by atoms with Crippen molar-refractivity contribution < 1.29 is 4.92 Å². The molecule has 1 heterocycles. The first-order valence-electron chi connectivity index (χ1n) is 5.95. The molecule has 0 radical (unpaired) electrons. The molecule has 6 heteroatoms. The van der Waals surface area contributed by atoms with Gasteiger partial charge in [-0.2, -0.15) is 0 Å². The van der Waals surface area contributed by atoms with Crippen LogP contribution in [-0.4, -0.2) is 36.0 Å². The summed E-state index contributed by atoms with van der Waals surface area (Å²) in [5.74, 6) is 0. The Kier molecular flexibility index (Phi) is 4.19. The number of benzene rings is 1. The van der Waals surface area contributed by atoms with E-state index in [1.54, 1.807) is 12.1 Å². The van der Waals surface area contributed by atoms with E-state index in [2.05, 4.69) is 33.2 Å². The van der Waals surface area contributed by atoms with E-state index in [4.69, 9.17) is 0 Å². The minimum absolute atomic E-state index is 0.101. The summed E-state index contributed by atoms with van der Waals surface area (Å²) in [6.45, 7) is 2.18. The zero-order valence-electron chi connectivity index (χ0n) is 10.2. The third-order valence-electron chi connectivity index (χ3n) is 3.23. The number of halogens is 1. The van der Waals surface area contributed by atoms with Gasteiger partial charge < -0.3 is 10.2 Å². The maximum Gasteiger partial charge on any atom is 0.283 e. The Hall–Kier alpha value is -1.14. The fourth-order valence-corrected chi connectivity index (χ4v) is 2.66. The molecule has 0 atom stereocenters. The first-order chi connectivity index (χ1) is 8.56. The van der Waals surface area contributed by atoms with Gasteiger partial charge in [0.15, 0.2) is 0 Å². The van der Waals surface area contributed by atoms with Crippen molar-refractivity contribution in [2.45, 2.75) is 18.9 Å². The van der Waals surface area contributed by atoms with Crippen molar-refractivity contribution in [1.82, 2.24) is 4.90 Å². The average Bonchev–Trinajstić information content (AvgIpc) is 2.32. The number of nitro groups is 1. The van der Waals surface area contributed by atoms with Crippen LogP contribution in [0.25, 0.3) is 0 Å². The molecule has 1 fully saturated rings. The number of piperidine rings is 1. The van der Waals surface area contributed by atoms with Crippen LogP contribution in [0.3, 0.4) is 0 Å². The molecule has 5 nitrogen and oxygen atoms in total. The molecule has 0 unspecified atom stereocenters. The molecule has 0 aromatic heterocycles. The minimum atomic E-state index is -0.385. The smallest absolute Gasteiger partial charge is 0.283 e. The quantitative estimate of drug-likeness (QED) is 0.688. The number of anilines is 1. The molecular formula is C12H16BrN3O2. The highest BCUT2D eigenvalue weighted by atomic mass is 79.9. The zero-order valence-corrected chi connectivity index (χ0v) is 11.8. The minimum Gasteiger partial charge on any atom is -0.382 e. The molecule has 1 aromatic carbocycles. The van der Waals surface area contributed by atoms with Gasteiger partial charge in [-0.25, -0.2) is 0 Å². The summed E-state index contributed by atoms with van der Waals surface area (Å²) in [5, 5.41) is 14.1. The lowest BCUT2D eigenvalue weighted by atomic mass is 10.1. The maximum atomic E-state index is 10.7. The van der Waals surface area contributed by atoms with Crippen LogP contribution in [-0.2, 0) is 0 Å². The lowest BCUT2D eigenvalue weighted by Gasteiger charge is -2.30.